The lowest BCUT2D eigenvalue weighted by atomic mass is 10.0. The molecule has 1 aromatic heterocycles. The van der Waals surface area contributed by atoms with Crippen LogP contribution in [0, 0.1) is 0 Å². The van der Waals surface area contributed by atoms with Crippen molar-refractivity contribution in [2.75, 3.05) is 31.9 Å². The molecule has 1 atom stereocenters. The van der Waals surface area contributed by atoms with Gasteiger partial charge in [-0.1, -0.05) is 30.1 Å². The molecular formula is C31H38Cl2F3N5O5S. The number of ether oxygens (including phenoxy) is 1. The summed E-state index contributed by atoms with van der Waals surface area (Å²) in [5.41, 5.74) is -2.53. The molecule has 0 radical (unpaired) electrons. The molecule has 2 N–H and O–H groups in total. The van der Waals surface area contributed by atoms with Crippen LogP contribution in [0.2, 0.25) is 10.0 Å². The number of nitrogens with one attached hydrogen (secondary N) is 2. The first kappa shape index (κ1) is 36.9. The summed E-state index contributed by atoms with van der Waals surface area (Å²) >= 11 is 12.7. The van der Waals surface area contributed by atoms with E-state index >= 15 is 0 Å². The summed E-state index contributed by atoms with van der Waals surface area (Å²) in [6.07, 6.45) is -2.69. The number of carbonyl (C=O) groups is 1. The topological polar surface area (TPSA) is 123 Å². The van der Waals surface area contributed by atoms with E-state index in [1.165, 1.54) is 25.1 Å². The monoisotopic (exact) mass is 719 g/mol. The Morgan fingerprint density at radius 1 is 1.13 bits per heavy atom. The zero-order valence-electron chi connectivity index (χ0n) is 26.5. The van der Waals surface area contributed by atoms with Gasteiger partial charge in [-0.25, -0.2) is 18.2 Å². The van der Waals surface area contributed by atoms with Crippen molar-refractivity contribution in [2.24, 2.45) is 0 Å². The SMILES string of the molecule is CCS(=O)(=O)c1ccc(Cl)cc1Cn1cnc2c(Cl)c(CN3CCC[C@H](NCCNC(=O)OC(C)(C)C)C3)c(C(F)(F)F)cc2c1=O. The van der Waals surface area contributed by atoms with Crippen molar-refractivity contribution in [2.45, 2.75) is 76.3 Å². The number of rotatable bonds is 10. The highest BCUT2D eigenvalue weighted by Gasteiger charge is 2.37. The lowest BCUT2D eigenvalue weighted by Gasteiger charge is -2.34. The first-order valence-electron chi connectivity index (χ1n) is 15.1. The highest BCUT2D eigenvalue weighted by atomic mass is 35.5. The average molecular weight is 721 g/mol. The third-order valence-electron chi connectivity index (χ3n) is 7.66. The maximum Gasteiger partial charge on any atom is 0.416 e. The Labute approximate surface area is 281 Å². The maximum absolute atomic E-state index is 14.5. The minimum Gasteiger partial charge on any atom is -0.444 e. The fourth-order valence-corrected chi connectivity index (χ4v) is 7.10. The predicted molar refractivity (Wildman–Crippen MR) is 175 cm³/mol. The summed E-state index contributed by atoms with van der Waals surface area (Å²) in [6, 6.07) is 4.89. The first-order valence-corrected chi connectivity index (χ1v) is 17.5. The van der Waals surface area contributed by atoms with Crippen molar-refractivity contribution in [3.63, 3.8) is 0 Å². The van der Waals surface area contributed by atoms with Crippen molar-refractivity contribution in [3.05, 3.63) is 67.7 Å². The van der Waals surface area contributed by atoms with Gasteiger partial charge in [-0.15, -0.1) is 0 Å². The van der Waals surface area contributed by atoms with Crippen molar-refractivity contribution >= 4 is 50.0 Å². The van der Waals surface area contributed by atoms with Crippen LogP contribution >= 0.6 is 23.2 Å². The molecule has 0 unspecified atom stereocenters. The van der Waals surface area contributed by atoms with Crippen LogP contribution in [0.3, 0.4) is 0 Å². The number of hydrogen-bond acceptors (Lipinski definition) is 8. The van der Waals surface area contributed by atoms with Crippen molar-refractivity contribution < 1.29 is 31.1 Å². The minimum absolute atomic E-state index is 0.0315. The normalized spacial score (nSPS) is 16.4. The van der Waals surface area contributed by atoms with Crippen LogP contribution in [-0.2, 0) is 33.8 Å². The van der Waals surface area contributed by atoms with Gasteiger partial charge in [-0.3, -0.25) is 14.3 Å². The smallest absolute Gasteiger partial charge is 0.416 e. The summed E-state index contributed by atoms with van der Waals surface area (Å²) in [5.74, 6) is -0.195. The molecule has 1 fully saturated rings. The lowest BCUT2D eigenvalue weighted by molar-refractivity contribution is -0.138. The van der Waals surface area contributed by atoms with Gasteiger partial charge in [0, 0.05) is 37.2 Å². The minimum atomic E-state index is -4.82. The zero-order valence-corrected chi connectivity index (χ0v) is 28.8. The third-order valence-corrected chi connectivity index (χ3v) is 10.1. The van der Waals surface area contributed by atoms with Gasteiger partial charge < -0.3 is 15.4 Å². The van der Waals surface area contributed by atoms with Crippen molar-refractivity contribution in [1.29, 1.82) is 0 Å². The highest BCUT2D eigenvalue weighted by molar-refractivity contribution is 7.91. The van der Waals surface area contributed by atoms with Crippen molar-refractivity contribution in [1.82, 2.24) is 25.1 Å². The molecule has 10 nitrogen and oxygen atoms in total. The first-order chi connectivity index (χ1) is 21.9. The highest BCUT2D eigenvalue weighted by Crippen LogP contribution is 2.39. The molecule has 1 amide bonds. The van der Waals surface area contributed by atoms with Gasteiger partial charge in [-0.2, -0.15) is 13.2 Å². The van der Waals surface area contributed by atoms with E-state index in [4.69, 9.17) is 27.9 Å². The molecule has 47 heavy (non-hydrogen) atoms. The number of alkyl halides is 3. The Morgan fingerprint density at radius 3 is 2.51 bits per heavy atom. The largest absolute Gasteiger partial charge is 0.444 e. The molecule has 1 aliphatic heterocycles. The summed E-state index contributed by atoms with van der Waals surface area (Å²) < 4.78 is 75.0. The van der Waals surface area contributed by atoms with E-state index < -0.39 is 38.8 Å². The number of aromatic nitrogens is 2. The molecule has 2 aromatic carbocycles. The van der Waals surface area contributed by atoms with E-state index in [1.807, 2.05) is 4.90 Å². The number of nitrogens with zero attached hydrogens (tertiary/aromatic N) is 3. The lowest BCUT2D eigenvalue weighted by Crippen LogP contribution is -2.47. The quantitative estimate of drug-likeness (QED) is 0.258. The van der Waals surface area contributed by atoms with Gasteiger partial charge in [0.15, 0.2) is 9.84 Å². The number of fused-ring (bicyclic) bond motifs is 1. The molecule has 258 valence electrons. The summed E-state index contributed by atoms with van der Waals surface area (Å²) in [5, 5.41) is 5.62. The van der Waals surface area contributed by atoms with Gasteiger partial charge in [-0.05, 0) is 75.5 Å². The number of likely N-dealkylation sites (tertiary alicyclic amines) is 1. The Kier molecular flexibility index (Phi) is 11.5. The van der Waals surface area contributed by atoms with Gasteiger partial charge >= 0.3 is 12.3 Å². The third kappa shape index (κ3) is 9.38. The van der Waals surface area contributed by atoms with Crippen LogP contribution in [0.15, 0.2) is 40.3 Å². The molecule has 0 spiro atoms. The number of amides is 1. The fourth-order valence-electron chi connectivity index (χ4n) is 5.48. The Balaban J connectivity index is 1.57. The Bertz CT molecular complexity index is 1800. The predicted octanol–water partition coefficient (Wildman–Crippen LogP) is 5.64. The van der Waals surface area contributed by atoms with E-state index in [-0.39, 0.29) is 61.9 Å². The van der Waals surface area contributed by atoms with Crippen LogP contribution in [0.4, 0.5) is 18.0 Å². The van der Waals surface area contributed by atoms with Gasteiger partial charge in [0.25, 0.3) is 5.56 Å². The molecule has 3 aromatic rings. The Morgan fingerprint density at radius 2 is 1.85 bits per heavy atom. The zero-order chi connectivity index (χ0) is 34.7. The van der Waals surface area contributed by atoms with Crippen LogP contribution in [0.25, 0.3) is 10.9 Å². The van der Waals surface area contributed by atoms with Crippen LogP contribution in [0.1, 0.15) is 57.2 Å². The number of alkyl carbamates (subject to hydrolysis) is 1. The van der Waals surface area contributed by atoms with Crippen LogP contribution < -0.4 is 16.2 Å². The van der Waals surface area contributed by atoms with E-state index in [9.17, 15) is 31.2 Å². The van der Waals surface area contributed by atoms with Crippen LogP contribution in [-0.4, -0.2) is 72.5 Å². The van der Waals surface area contributed by atoms with Gasteiger partial charge in [0.2, 0.25) is 0 Å². The number of benzene rings is 2. The average Bonchev–Trinajstić information content (AvgIpc) is 2.97. The molecule has 0 bridgehead atoms. The van der Waals surface area contributed by atoms with E-state index in [0.29, 0.717) is 26.2 Å². The summed E-state index contributed by atoms with van der Waals surface area (Å²) in [7, 11) is -3.69. The van der Waals surface area contributed by atoms with Crippen molar-refractivity contribution in [3.8, 4) is 0 Å². The number of sulfone groups is 1. The molecule has 4 rings (SSSR count). The Hall–Kier alpha value is -2.91. The molecular weight excluding hydrogens is 682 g/mol. The number of piperidine rings is 1. The van der Waals surface area contributed by atoms with E-state index in [2.05, 4.69) is 15.6 Å². The molecule has 0 aliphatic carbocycles. The molecule has 1 saturated heterocycles. The summed E-state index contributed by atoms with van der Waals surface area (Å²) in [6.45, 7) is 8.10. The maximum atomic E-state index is 14.5. The second-order valence-electron chi connectivity index (χ2n) is 12.4. The number of carbonyl (C=O) groups excluding carboxylic acids is 1. The summed E-state index contributed by atoms with van der Waals surface area (Å²) in [4.78, 5) is 31.5. The van der Waals surface area contributed by atoms with E-state index in [0.717, 1.165) is 29.8 Å². The number of hydrogen-bond donors (Lipinski definition) is 2. The molecule has 1 aliphatic rings. The van der Waals surface area contributed by atoms with E-state index in [1.54, 1.807) is 20.8 Å². The molecule has 16 heteroatoms. The standard InChI is InChI=1S/C31H38Cl2F3N5O5S/c1-5-47(44,45)25-9-8-20(32)13-19(25)15-41-18-39-27-22(28(41)42)14-24(31(34,35)36)23(26(27)33)17-40-12-6-7-21(16-40)37-10-11-38-29(43)46-30(2,3)4/h8-9,13-14,18,21,37H,5-7,10-12,15-17H2,1-4H3,(H,38,43)/t21-/m0/s1. The second-order valence-corrected chi connectivity index (χ2v) is 15.5. The van der Waals surface area contributed by atoms with Gasteiger partial charge in [0.05, 0.1) is 45.0 Å². The molecule has 2 heterocycles. The number of halogens is 5. The van der Waals surface area contributed by atoms with Gasteiger partial charge in [0.1, 0.15) is 5.60 Å². The second kappa shape index (κ2) is 14.7. The molecule has 0 saturated carbocycles. The van der Waals surface area contributed by atoms with Crippen LogP contribution in [0.5, 0.6) is 0 Å². The fraction of sp³-hybridized carbons (Fsp3) is 0.516.